The second-order valence-electron chi connectivity index (χ2n) is 8.25. The number of fused-ring (bicyclic) bond motifs is 2. The molecule has 2 N–H and O–H groups in total. The van der Waals surface area contributed by atoms with Crippen molar-refractivity contribution in [3.05, 3.63) is 17.0 Å². The summed E-state index contributed by atoms with van der Waals surface area (Å²) < 4.78 is 1.97. The van der Waals surface area contributed by atoms with Crippen LogP contribution in [0.2, 0.25) is 0 Å². The predicted molar refractivity (Wildman–Crippen MR) is 104 cm³/mol. The van der Waals surface area contributed by atoms with Crippen LogP contribution in [0.1, 0.15) is 56.0 Å². The van der Waals surface area contributed by atoms with Gasteiger partial charge in [-0.2, -0.15) is 5.10 Å². The molecule has 25 heavy (non-hydrogen) atoms. The average Bonchev–Trinajstić information content (AvgIpc) is 3.26. The van der Waals surface area contributed by atoms with E-state index in [0.717, 1.165) is 42.4 Å². The summed E-state index contributed by atoms with van der Waals surface area (Å²) in [5, 5.41) is 11.6. The van der Waals surface area contributed by atoms with Crippen LogP contribution < -0.4 is 10.6 Å². The Morgan fingerprint density at radius 2 is 2.12 bits per heavy atom. The first kappa shape index (κ1) is 18.3. The van der Waals surface area contributed by atoms with Gasteiger partial charge < -0.3 is 10.6 Å². The van der Waals surface area contributed by atoms with Crippen LogP contribution in [0.25, 0.3) is 0 Å². The van der Waals surface area contributed by atoms with Crippen molar-refractivity contribution in [1.29, 1.82) is 0 Å². The Hall–Kier alpha value is -1.52. The van der Waals surface area contributed by atoms with Gasteiger partial charge in [0.1, 0.15) is 0 Å². The van der Waals surface area contributed by atoms with Gasteiger partial charge in [0.25, 0.3) is 0 Å². The molecular formula is C20H35N5. The molecule has 2 aliphatic carbocycles. The third kappa shape index (κ3) is 4.18. The first-order valence-electron chi connectivity index (χ1n) is 9.94. The van der Waals surface area contributed by atoms with Crippen LogP contribution in [0.4, 0.5) is 0 Å². The minimum Gasteiger partial charge on any atom is -0.356 e. The molecule has 3 rings (SSSR count). The molecular weight excluding hydrogens is 310 g/mol. The Morgan fingerprint density at radius 1 is 1.32 bits per heavy atom. The molecule has 2 aliphatic rings. The van der Waals surface area contributed by atoms with Gasteiger partial charge in [-0.05, 0) is 76.2 Å². The lowest BCUT2D eigenvalue weighted by Gasteiger charge is -2.23. The molecule has 0 spiro atoms. The highest BCUT2D eigenvalue weighted by molar-refractivity contribution is 5.79. The van der Waals surface area contributed by atoms with Crippen molar-refractivity contribution >= 4 is 5.96 Å². The lowest BCUT2D eigenvalue weighted by Crippen LogP contribution is -2.43. The molecule has 0 saturated heterocycles. The van der Waals surface area contributed by atoms with E-state index in [1.54, 1.807) is 0 Å². The number of nitrogens with one attached hydrogen (secondary N) is 2. The van der Waals surface area contributed by atoms with Crippen molar-refractivity contribution in [2.24, 2.45) is 29.8 Å². The third-order valence-electron chi connectivity index (χ3n) is 6.47. The SMILES string of the molecule is CN=C(NCCC1CC2CCC1C2)NC(C)Cc1c(C)nn(C)c1C. The van der Waals surface area contributed by atoms with Gasteiger partial charge in [0.2, 0.25) is 0 Å². The van der Waals surface area contributed by atoms with Crippen LogP contribution in [0.15, 0.2) is 4.99 Å². The molecule has 0 radical (unpaired) electrons. The molecule has 2 bridgehead atoms. The number of rotatable bonds is 6. The second-order valence-corrected chi connectivity index (χ2v) is 8.25. The molecule has 0 amide bonds. The Morgan fingerprint density at radius 3 is 2.68 bits per heavy atom. The highest BCUT2D eigenvalue weighted by Gasteiger charge is 2.38. The molecule has 4 unspecified atom stereocenters. The Kier molecular flexibility index (Phi) is 5.70. The highest BCUT2D eigenvalue weighted by atomic mass is 15.3. The summed E-state index contributed by atoms with van der Waals surface area (Å²) in [5.74, 6) is 3.92. The molecule has 2 saturated carbocycles. The van der Waals surface area contributed by atoms with Gasteiger partial charge in [0, 0.05) is 32.4 Å². The van der Waals surface area contributed by atoms with E-state index in [4.69, 9.17) is 0 Å². The van der Waals surface area contributed by atoms with E-state index < -0.39 is 0 Å². The lowest BCUT2D eigenvalue weighted by atomic mass is 9.86. The van der Waals surface area contributed by atoms with Crippen molar-refractivity contribution in [2.75, 3.05) is 13.6 Å². The average molecular weight is 346 g/mol. The third-order valence-corrected chi connectivity index (χ3v) is 6.47. The molecule has 4 atom stereocenters. The van der Waals surface area contributed by atoms with Gasteiger partial charge in [0.05, 0.1) is 5.69 Å². The van der Waals surface area contributed by atoms with E-state index in [0.29, 0.717) is 6.04 Å². The number of nitrogens with zero attached hydrogens (tertiary/aromatic N) is 3. The predicted octanol–water partition coefficient (Wildman–Crippen LogP) is 2.96. The minimum atomic E-state index is 0.329. The van der Waals surface area contributed by atoms with E-state index in [-0.39, 0.29) is 0 Å². The number of hydrogen-bond acceptors (Lipinski definition) is 2. The largest absolute Gasteiger partial charge is 0.356 e. The smallest absolute Gasteiger partial charge is 0.191 e. The molecule has 5 nitrogen and oxygen atoms in total. The van der Waals surface area contributed by atoms with Crippen molar-refractivity contribution in [1.82, 2.24) is 20.4 Å². The molecule has 2 fully saturated rings. The van der Waals surface area contributed by atoms with Gasteiger partial charge in [0.15, 0.2) is 5.96 Å². The number of aromatic nitrogens is 2. The molecule has 0 aromatic carbocycles. The van der Waals surface area contributed by atoms with Crippen LogP contribution in [0.5, 0.6) is 0 Å². The monoisotopic (exact) mass is 345 g/mol. The summed E-state index contributed by atoms with van der Waals surface area (Å²) in [7, 11) is 3.88. The van der Waals surface area contributed by atoms with Gasteiger partial charge in [-0.3, -0.25) is 9.67 Å². The Bertz CT molecular complexity index is 618. The first-order chi connectivity index (χ1) is 12.0. The number of guanidine groups is 1. The van der Waals surface area contributed by atoms with E-state index in [2.05, 4.69) is 41.5 Å². The number of aryl methyl sites for hydroxylation is 2. The summed E-state index contributed by atoms with van der Waals surface area (Å²) >= 11 is 0. The fourth-order valence-electron chi connectivity index (χ4n) is 5.00. The Balaban J connectivity index is 1.43. The topological polar surface area (TPSA) is 54.2 Å². The van der Waals surface area contributed by atoms with Crippen LogP contribution in [-0.4, -0.2) is 35.4 Å². The van der Waals surface area contributed by atoms with Crippen molar-refractivity contribution < 1.29 is 0 Å². The van der Waals surface area contributed by atoms with Crippen LogP contribution in [0.3, 0.4) is 0 Å². The summed E-state index contributed by atoms with van der Waals surface area (Å²) in [5.41, 5.74) is 3.73. The first-order valence-corrected chi connectivity index (χ1v) is 9.94. The number of hydrogen-bond donors (Lipinski definition) is 2. The zero-order chi connectivity index (χ0) is 18.0. The maximum atomic E-state index is 4.52. The number of aliphatic imine (C=N–C) groups is 1. The summed E-state index contributed by atoms with van der Waals surface area (Å²) in [6.07, 6.45) is 8.19. The molecule has 5 heteroatoms. The Labute approximate surface area is 152 Å². The van der Waals surface area contributed by atoms with Crippen LogP contribution >= 0.6 is 0 Å². The second kappa shape index (κ2) is 7.79. The fourth-order valence-corrected chi connectivity index (χ4v) is 5.00. The van der Waals surface area contributed by atoms with Gasteiger partial charge in [-0.1, -0.05) is 6.42 Å². The molecule has 0 aliphatic heterocycles. The summed E-state index contributed by atoms with van der Waals surface area (Å²) in [6.45, 7) is 7.49. The molecule has 1 aromatic heterocycles. The zero-order valence-corrected chi connectivity index (χ0v) is 16.6. The van der Waals surface area contributed by atoms with E-state index in [9.17, 15) is 0 Å². The van der Waals surface area contributed by atoms with Crippen molar-refractivity contribution in [2.45, 2.75) is 65.3 Å². The van der Waals surface area contributed by atoms with E-state index in [1.165, 1.54) is 43.4 Å². The fraction of sp³-hybridized carbons (Fsp3) is 0.800. The quantitative estimate of drug-likeness (QED) is 0.616. The van der Waals surface area contributed by atoms with Crippen LogP contribution in [0, 0.1) is 31.6 Å². The normalized spacial score (nSPS) is 26.9. The van der Waals surface area contributed by atoms with Gasteiger partial charge >= 0.3 is 0 Å². The maximum absolute atomic E-state index is 4.52. The van der Waals surface area contributed by atoms with Gasteiger partial charge in [-0.15, -0.1) is 0 Å². The summed E-state index contributed by atoms with van der Waals surface area (Å²) in [4.78, 5) is 4.41. The standard InChI is InChI=1S/C20H35N5/c1-13(10-19-14(2)24-25(5)15(19)3)23-20(21-4)22-9-8-18-12-16-6-7-17(18)11-16/h13,16-18H,6-12H2,1-5H3,(H2,21,22,23). The highest BCUT2D eigenvalue weighted by Crippen LogP contribution is 2.49. The minimum absolute atomic E-state index is 0.329. The van der Waals surface area contributed by atoms with E-state index >= 15 is 0 Å². The van der Waals surface area contributed by atoms with E-state index in [1.807, 2.05) is 18.8 Å². The molecule has 1 heterocycles. The lowest BCUT2D eigenvalue weighted by molar-refractivity contribution is 0.315. The van der Waals surface area contributed by atoms with Crippen molar-refractivity contribution in [3.8, 4) is 0 Å². The molecule has 140 valence electrons. The van der Waals surface area contributed by atoms with Gasteiger partial charge in [-0.25, -0.2) is 0 Å². The maximum Gasteiger partial charge on any atom is 0.191 e. The van der Waals surface area contributed by atoms with Crippen molar-refractivity contribution in [3.63, 3.8) is 0 Å². The summed E-state index contributed by atoms with van der Waals surface area (Å²) in [6, 6.07) is 0.329. The zero-order valence-electron chi connectivity index (χ0n) is 16.6. The molecule has 1 aromatic rings. The van der Waals surface area contributed by atoms with Crippen LogP contribution in [-0.2, 0) is 13.5 Å².